The van der Waals surface area contributed by atoms with Gasteiger partial charge in [-0.3, -0.25) is 9.69 Å². The largest absolute Gasteiger partial charge is 0.480 e. The van der Waals surface area contributed by atoms with Crippen LogP contribution in [0.2, 0.25) is 0 Å². The van der Waals surface area contributed by atoms with Crippen molar-refractivity contribution in [2.24, 2.45) is 0 Å². The Morgan fingerprint density at radius 3 is 2.62 bits per heavy atom. The molecule has 0 aliphatic heterocycles. The quantitative estimate of drug-likeness (QED) is 0.761. The molecule has 1 fully saturated rings. The highest BCUT2D eigenvalue weighted by atomic mass is 16.4. The van der Waals surface area contributed by atoms with Gasteiger partial charge in [-0.1, -0.05) is 25.1 Å². The van der Waals surface area contributed by atoms with Crippen LogP contribution in [0, 0.1) is 13.8 Å². The molecule has 1 aromatic carbocycles. The zero-order chi connectivity index (χ0) is 18.7. The van der Waals surface area contributed by atoms with E-state index in [1.165, 1.54) is 5.56 Å². The summed E-state index contributed by atoms with van der Waals surface area (Å²) in [5.74, 6) is -0.747. The van der Waals surface area contributed by atoms with Gasteiger partial charge in [-0.15, -0.1) is 0 Å². The minimum absolute atomic E-state index is 0.135. The van der Waals surface area contributed by atoms with Gasteiger partial charge in [-0.25, -0.2) is 4.68 Å². The summed E-state index contributed by atoms with van der Waals surface area (Å²) in [7, 11) is 0. The number of carboxylic acids is 1. The lowest BCUT2D eigenvalue weighted by molar-refractivity contribution is -0.139. The molecule has 0 unspecified atom stereocenters. The van der Waals surface area contributed by atoms with Crippen LogP contribution < -0.4 is 5.32 Å². The van der Waals surface area contributed by atoms with Crippen molar-refractivity contribution in [2.45, 2.75) is 52.2 Å². The van der Waals surface area contributed by atoms with Crippen molar-refractivity contribution in [2.75, 3.05) is 13.1 Å². The van der Waals surface area contributed by atoms with E-state index < -0.39 is 5.97 Å². The molecule has 1 heterocycles. The van der Waals surface area contributed by atoms with Gasteiger partial charge < -0.3 is 10.4 Å². The number of benzene rings is 1. The molecule has 1 aliphatic carbocycles. The van der Waals surface area contributed by atoms with E-state index in [-0.39, 0.29) is 6.54 Å². The smallest absolute Gasteiger partial charge is 0.317 e. The lowest BCUT2D eigenvalue weighted by atomic mass is 9.85. The summed E-state index contributed by atoms with van der Waals surface area (Å²) in [6.45, 7) is 7.90. The van der Waals surface area contributed by atoms with Gasteiger partial charge in [0.25, 0.3) is 0 Å². The number of carbonyl (C=O) groups is 1. The minimum Gasteiger partial charge on any atom is -0.480 e. The number of likely N-dealkylation sites (N-methyl/N-ethyl adjacent to an activating group) is 1. The first-order chi connectivity index (χ1) is 12.5. The Morgan fingerprint density at radius 2 is 2.00 bits per heavy atom. The molecular weight excluding hydrogens is 328 g/mol. The molecule has 6 heteroatoms. The van der Waals surface area contributed by atoms with Crippen molar-refractivity contribution >= 4 is 5.97 Å². The maximum atomic E-state index is 10.9. The summed E-state index contributed by atoms with van der Waals surface area (Å²) in [4.78, 5) is 13.0. The Hall–Kier alpha value is -2.18. The first-order valence-corrected chi connectivity index (χ1v) is 9.29. The zero-order valence-corrected chi connectivity index (χ0v) is 15.8. The van der Waals surface area contributed by atoms with Crippen molar-refractivity contribution < 1.29 is 9.90 Å². The maximum absolute atomic E-state index is 10.9. The molecular formula is C20H28N4O2. The fourth-order valence-corrected chi connectivity index (χ4v) is 3.72. The van der Waals surface area contributed by atoms with Gasteiger partial charge in [0, 0.05) is 29.9 Å². The highest BCUT2D eigenvalue weighted by Crippen LogP contribution is 2.26. The first kappa shape index (κ1) is 18.6. The van der Waals surface area contributed by atoms with Crippen LogP contribution in [0.1, 0.15) is 36.7 Å². The normalized spacial score (nSPS) is 19.5. The molecule has 0 saturated heterocycles. The van der Waals surface area contributed by atoms with Crippen LogP contribution in [0.3, 0.4) is 0 Å². The summed E-state index contributed by atoms with van der Waals surface area (Å²) in [6, 6.07) is 11.0. The number of hydrogen-bond donors (Lipinski definition) is 2. The minimum atomic E-state index is -0.747. The van der Waals surface area contributed by atoms with Gasteiger partial charge in [0.15, 0.2) is 0 Å². The van der Waals surface area contributed by atoms with Crippen molar-refractivity contribution in [3.63, 3.8) is 0 Å². The second kappa shape index (κ2) is 8.01. The van der Waals surface area contributed by atoms with Crippen molar-refractivity contribution in [1.82, 2.24) is 20.0 Å². The molecule has 2 N–H and O–H groups in total. The van der Waals surface area contributed by atoms with Gasteiger partial charge >= 0.3 is 5.97 Å². The van der Waals surface area contributed by atoms with Gasteiger partial charge in [0.2, 0.25) is 0 Å². The number of aromatic nitrogens is 2. The second-order valence-electron chi connectivity index (χ2n) is 7.06. The van der Waals surface area contributed by atoms with E-state index in [2.05, 4.69) is 31.3 Å². The van der Waals surface area contributed by atoms with Crippen molar-refractivity contribution in [3.05, 3.63) is 47.3 Å². The molecule has 3 rings (SSSR count). The van der Waals surface area contributed by atoms with Crippen LogP contribution in [-0.2, 0) is 11.3 Å². The lowest BCUT2D eigenvalue weighted by Crippen LogP contribution is -2.53. The molecule has 0 bridgehead atoms. The summed E-state index contributed by atoms with van der Waals surface area (Å²) >= 11 is 0. The average molecular weight is 356 g/mol. The molecule has 140 valence electrons. The third kappa shape index (κ3) is 3.97. The molecule has 2 aromatic rings. The monoisotopic (exact) mass is 356 g/mol. The first-order valence-electron chi connectivity index (χ1n) is 9.29. The van der Waals surface area contributed by atoms with Gasteiger partial charge in [-0.2, -0.15) is 5.10 Å². The highest BCUT2D eigenvalue weighted by molar-refractivity contribution is 5.69. The van der Waals surface area contributed by atoms with E-state index in [4.69, 9.17) is 10.2 Å². The van der Waals surface area contributed by atoms with E-state index in [9.17, 15) is 4.79 Å². The maximum Gasteiger partial charge on any atom is 0.317 e. The lowest BCUT2D eigenvalue weighted by Gasteiger charge is -2.42. The van der Waals surface area contributed by atoms with Crippen LogP contribution in [0.15, 0.2) is 30.3 Å². The van der Waals surface area contributed by atoms with E-state index in [0.717, 1.165) is 43.0 Å². The van der Waals surface area contributed by atoms with Crippen LogP contribution in [0.4, 0.5) is 0 Å². The Labute approximate surface area is 154 Å². The van der Waals surface area contributed by atoms with Crippen molar-refractivity contribution in [1.29, 1.82) is 0 Å². The SMILES string of the molecule is CCN(CC(=O)O)C1CC(NCc2c(C)nn(-c3ccccc3)c2C)C1. The van der Waals surface area contributed by atoms with E-state index in [1.807, 2.05) is 34.7 Å². The number of carboxylic acid groups (broad SMARTS) is 1. The van der Waals surface area contributed by atoms with Gasteiger partial charge in [0.05, 0.1) is 17.9 Å². The number of aliphatic carboxylic acids is 1. The molecule has 26 heavy (non-hydrogen) atoms. The summed E-state index contributed by atoms with van der Waals surface area (Å²) in [6.07, 6.45) is 2.01. The molecule has 0 radical (unpaired) electrons. The van der Waals surface area contributed by atoms with Crippen LogP contribution in [0.25, 0.3) is 5.69 Å². The topological polar surface area (TPSA) is 70.4 Å². The third-order valence-corrected chi connectivity index (χ3v) is 5.38. The summed E-state index contributed by atoms with van der Waals surface area (Å²) in [5.41, 5.74) is 4.54. The standard InChI is InChI=1S/C20H28N4O2/c1-4-23(13-20(25)26)18-10-16(11-18)21-12-19-14(2)22-24(15(19)3)17-8-6-5-7-9-17/h5-9,16,18,21H,4,10-13H2,1-3H3,(H,25,26). The number of nitrogens with one attached hydrogen (secondary N) is 1. The van der Waals surface area contributed by atoms with Gasteiger partial charge in [-0.05, 0) is 45.4 Å². The molecule has 1 aromatic heterocycles. The fraction of sp³-hybridized carbons (Fsp3) is 0.500. The number of rotatable bonds is 8. The molecule has 0 amide bonds. The molecule has 1 saturated carbocycles. The van der Waals surface area contributed by atoms with E-state index in [1.54, 1.807) is 0 Å². The predicted octanol–water partition coefficient (Wildman–Crippen LogP) is 2.52. The number of nitrogens with zero attached hydrogens (tertiary/aromatic N) is 3. The molecule has 6 nitrogen and oxygen atoms in total. The summed E-state index contributed by atoms with van der Waals surface area (Å²) < 4.78 is 2.00. The Balaban J connectivity index is 1.57. The highest BCUT2D eigenvalue weighted by Gasteiger charge is 2.33. The molecule has 1 aliphatic rings. The fourth-order valence-electron chi connectivity index (χ4n) is 3.72. The van der Waals surface area contributed by atoms with Crippen molar-refractivity contribution in [3.8, 4) is 5.69 Å². The molecule has 0 spiro atoms. The number of para-hydroxylation sites is 1. The zero-order valence-electron chi connectivity index (χ0n) is 15.8. The van der Waals surface area contributed by atoms with E-state index in [0.29, 0.717) is 12.1 Å². The summed E-state index contributed by atoms with van der Waals surface area (Å²) in [5, 5.41) is 17.3. The second-order valence-corrected chi connectivity index (χ2v) is 7.06. The van der Waals surface area contributed by atoms with Crippen LogP contribution in [-0.4, -0.2) is 50.9 Å². The third-order valence-electron chi connectivity index (χ3n) is 5.38. The average Bonchev–Trinajstić information content (AvgIpc) is 2.87. The Bertz CT molecular complexity index is 751. The molecule has 0 atom stereocenters. The number of hydrogen-bond acceptors (Lipinski definition) is 4. The van der Waals surface area contributed by atoms with Crippen LogP contribution >= 0.6 is 0 Å². The van der Waals surface area contributed by atoms with Crippen LogP contribution in [0.5, 0.6) is 0 Å². The van der Waals surface area contributed by atoms with E-state index >= 15 is 0 Å². The predicted molar refractivity (Wildman–Crippen MR) is 102 cm³/mol. The number of aryl methyl sites for hydroxylation is 1. The Morgan fingerprint density at radius 1 is 1.31 bits per heavy atom. The van der Waals surface area contributed by atoms with Gasteiger partial charge in [0.1, 0.15) is 0 Å². The Kier molecular flexibility index (Phi) is 5.74.